The Morgan fingerprint density at radius 1 is 0.810 bits per heavy atom. The van der Waals surface area contributed by atoms with E-state index in [2.05, 4.69) is 43.5 Å². The zero-order valence-electron chi connectivity index (χ0n) is 26.3. The van der Waals surface area contributed by atoms with Crippen molar-refractivity contribution >= 4 is 13.7 Å². The third-order valence-electron chi connectivity index (χ3n) is 6.74. The number of amides is 1. The Labute approximate surface area is 255 Å². The van der Waals surface area contributed by atoms with Gasteiger partial charge in [0.15, 0.2) is 0 Å². The predicted octanol–water partition coefficient (Wildman–Crippen LogP) is 6.63. The van der Waals surface area contributed by atoms with E-state index in [4.69, 9.17) is 14.8 Å². The van der Waals surface area contributed by atoms with Crippen LogP contribution in [0.4, 0.5) is 0 Å². The van der Waals surface area contributed by atoms with Gasteiger partial charge in [0.1, 0.15) is 0 Å². The molecule has 4 unspecified atom stereocenters. The highest BCUT2D eigenvalue weighted by molar-refractivity contribution is 7.47. The largest absolute Gasteiger partial charge is 0.472 e. The lowest BCUT2D eigenvalue weighted by molar-refractivity contribution is -0.124. The second-order valence-electron chi connectivity index (χ2n) is 10.8. The first kappa shape index (κ1) is 40.7. The fourth-order valence-corrected chi connectivity index (χ4v) is 4.99. The van der Waals surface area contributed by atoms with E-state index in [1.165, 1.54) is 51.4 Å². The average molecular weight is 617 g/mol. The van der Waals surface area contributed by atoms with Gasteiger partial charge in [-0.2, -0.15) is 0 Å². The third kappa shape index (κ3) is 26.3. The highest BCUT2D eigenvalue weighted by Crippen LogP contribution is 2.43. The monoisotopic (exact) mass is 616 g/mol. The first-order valence-corrected chi connectivity index (χ1v) is 17.7. The van der Waals surface area contributed by atoms with Gasteiger partial charge in [0.25, 0.3) is 0 Å². The summed E-state index contributed by atoms with van der Waals surface area (Å²) < 4.78 is 21.8. The molecule has 0 aromatic heterocycles. The van der Waals surface area contributed by atoms with Crippen molar-refractivity contribution in [2.45, 2.75) is 141 Å². The summed E-state index contributed by atoms with van der Waals surface area (Å²) in [6.45, 7) is 3.81. The normalized spacial score (nSPS) is 15.9. The third-order valence-corrected chi connectivity index (χ3v) is 7.73. The molecule has 1 amide bonds. The summed E-state index contributed by atoms with van der Waals surface area (Å²) in [6.07, 6.45) is 26.8. The minimum Gasteiger partial charge on any atom is -0.393 e. The summed E-state index contributed by atoms with van der Waals surface area (Å²) in [7, 11) is -4.39. The van der Waals surface area contributed by atoms with Gasteiger partial charge in [-0.3, -0.25) is 13.8 Å². The van der Waals surface area contributed by atoms with Crippen molar-refractivity contribution in [1.29, 1.82) is 0 Å². The van der Waals surface area contributed by atoms with Crippen LogP contribution >= 0.6 is 7.82 Å². The number of unbranched alkanes of at least 4 members (excludes halogenated alkanes) is 11. The van der Waals surface area contributed by atoms with Gasteiger partial charge in [-0.25, -0.2) is 4.57 Å². The molecular formula is C32H61N2O7P. The zero-order chi connectivity index (χ0) is 31.3. The van der Waals surface area contributed by atoms with Crippen LogP contribution in [0, 0.1) is 0 Å². The zero-order valence-corrected chi connectivity index (χ0v) is 27.2. The number of hydrogen-bond acceptors (Lipinski definition) is 7. The lowest BCUT2D eigenvalue weighted by Gasteiger charge is -2.24. The Morgan fingerprint density at radius 2 is 1.38 bits per heavy atom. The Kier molecular flexibility index (Phi) is 27.6. The van der Waals surface area contributed by atoms with E-state index in [9.17, 15) is 24.5 Å². The molecule has 246 valence electrons. The fourth-order valence-electron chi connectivity index (χ4n) is 4.23. The summed E-state index contributed by atoms with van der Waals surface area (Å²) >= 11 is 0. The topological polar surface area (TPSA) is 151 Å². The molecule has 0 radical (unpaired) electrons. The highest BCUT2D eigenvalue weighted by atomic mass is 31.2. The predicted molar refractivity (Wildman–Crippen MR) is 172 cm³/mol. The molecule has 0 spiro atoms. The van der Waals surface area contributed by atoms with E-state index >= 15 is 0 Å². The Bertz CT molecular complexity index is 776. The van der Waals surface area contributed by atoms with E-state index in [1.807, 2.05) is 6.08 Å². The van der Waals surface area contributed by atoms with Crippen LogP contribution in [0.5, 0.6) is 0 Å². The van der Waals surface area contributed by atoms with E-state index in [0.29, 0.717) is 12.8 Å². The molecule has 4 atom stereocenters. The number of aliphatic hydroxyl groups is 2. The van der Waals surface area contributed by atoms with Gasteiger partial charge in [-0.15, -0.1) is 0 Å². The van der Waals surface area contributed by atoms with Gasteiger partial charge < -0.3 is 26.2 Å². The average Bonchev–Trinajstić information content (AvgIpc) is 2.96. The molecule has 0 aliphatic carbocycles. The first-order valence-electron chi connectivity index (χ1n) is 16.2. The number of nitrogens with one attached hydrogen (secondary N) is 1. The lowest BCUT2D eigenvalue weighted by Crippen LogP contribution is -2.46. The van der Waals surface area contributed by atoms with E-state index < -0.39 is 38.6 Å². The number of hydrogen-bond donors (Lipinski definition) is 5. The Hall–Kier alpha value is -1.32. The van der Waals surface area contributed by atoms with Gasteiger partial charge in [-0.05, 0) is 51.4 Å². The van der Waals surface area contributed by atoms with E-state index in [-0.39, 0.29) is 19.6 Å². The van der Waals surface area contributed by atoms with Crippen molar-refractivity contribution < 1.29 is 33.5 Å². The Balaban J connectivity index is 4.67. The van der Waals surface area contributed by atoms with Crippen molar-refractivity contribution in [2.75, 3.05) is 19.8 Å². The van der Waals surface area contributed by atoms with Gasteiger partial charge in [0.05, 0.1) is 37.9 Å². The number of nitrogens with two attached hydrogens (primary N) is 1. The molecule has 42 heavy (non-hydrogen) atoms. The fraction of sp³-hybridized carbons (Fsp3) is 0.781. The minimum absolute atomic E-state index is 0.0415. The molecule has 10 heteroatoms. The van der Waals surface area contributed by atoms with Crippen molar-refractivity contribution in [3.8, 4) is 0 Å². The smallest absolute Gasteiger partial charge is 0.393 e. The van der Waals surface area contributed by atoms with Crippen LogP contribution in [-0.4, -0.2) is 59.0 Å². The number of rotatable bonds is 29. The molecule has 0 saturated carbocycles. The van der Waals surface area contributed by atoms with E-state index in [0.717, 1.165) is 38.5 Å². The summed E-state index contributed by atoms with van der Waals surface area (Å²) in [5.74, 6) is -0.476. The van der Waals surface area contributed by atoms with Crippen LogP contribution in [0.2, 0.25) is 0 Å². The van der Waals surface area contributed by atoms with E-state index in [1.54, 1.807) is 6.08 Å². The molecule has 0 aromatic carbocycles. The number of carbonyl (C=O) groups excluding carboxylic acids is 1. The molecule has 0 heterocycles. The summed E-state index contributed by atoms with van der Waals surface area (Å²) in [5, 5.41) is 23.7. The summed E-state index contributed by atoms with van der Waals surface area (Å²) in [4.78, 5) is 22.5. The van der Waals surface area contributed by atoms with Gasteiger partial charge in [0, 0.05) is 6.54 Å². The number of allylic oxidation sites excluding steroid dienone is 5. The highest BCUT2D eigenvalue weighted by Gasteiger charge is 2.27. The van der Waals surface area contributed by atoms with Crippen LogP contribution in [0.25, 0.3) is 0 Å². The van der Waals surface area contributed by atoms with Crippen molar-refractivity contribution in [2.24, 2.45) is 5.73 Å². The van der Waals surface area contributed by atoms with Crippen LogP contribution in [0.3, 0.4) is 0 Å². The molecule has 0 aliphatic heterocycles. The maximum atomic E-state index is 12.6. The van der Waals surface area contributed by atoms with Crippen LogP contribution in [0.15, 0.2) is 36.5 Å². The second-order valence-corrected chi connectivity index (χ2v) is 12.3. The molecule has 0 aliphatic rings. The van der Waals surface area contributed by atoms with Crippen molar-refractivity contribution in [1.82, 2.24) is 5.32 Å². The second kappa shape index (κ2) is 28.5. The molecule has 0 saturated heterocycles. The van der Waals surface area contributed by atoms with Gasteiger partial charge >= 0.3 is 7.82 Å². The lowest BCUT2D eigenvalue weighted by atomic mass is 10.1. The van der Waals surface area contributed by atoms with Crippen LogP contribution < -0.4 is 11.1 Å². The standard InChI is InChI=1S/C32H61N2O7P/c1-3-5-7-9-11-13-14-15-16-18-20-22-24-31(36)30(28-41-42(38,39)40-26-25-33)34-32(37)27-29(35)23-21-19-17-12-10-8-6-4-2/h10,12,15-16,22,24,29-31,35-36H,3-9,11,13-14,17-21,23,25-28,33H2,1-2H3,(H,34,37)(H,38,39)/b12-10-,16-15+,24-22+. The minimum atomic E-state index is -4.39. The quantitative estimate of drug-likeness (QED) is 0.0357. The number of phosphoric ester groups is 1. The van der Waals surface area contributed by atoms with Crippen molar-refractivity contribution in [3.05, 3.63) is 36.5 Å². The van der Waals surface area contributed by atoms with Crippen molar-refractivity contribution in [3.63, 3.8) is 0 Å². The maximum absolute atomic E-state index is 12.6. The molecular weight excluding hydrogens is 555 g/mol. The van der Waals surface area contributed by atoms with Crippen LogP contribution in [0.1, 0.15) is 123 Å². The maximum Gasteiger partial charge on any atom is 0.472 e. The molecule has 0 fully saturated rings. The number of aliphatic hydroxyl groups excluding tert-OH is 2. The molecule has 6 N–H and O–H groups in total. The van der Waals surface area contributed by atoms with Gasteiger partial charge in [-0.1, -0.05) is 102 Å². The molecule has 9 nitrogen and oxygen atoms in total. The molecule has 0 bridgehead atoms. The molecule has 0 aromatic rings. The number of phosphoric acid groups is 1. The SMILES string of the molecule is CCCC/C=C\CCCCC(O)CC(=O)NC(COP(=O)(O)OCCN)C(O)/C=C/CC/C=C/CCCCCCCC. The Morgan fingerprint density at radius 3 is 2.05 bits per heavy atom. The summed E-state index contributed by atoms with van der Waals surface area (Å²) in [6, 6.07) is -1.00. The van der Waals surface area contributed by atoms with Gasteiger partial charge in [0.2, 0.25) is 5.91 Å². The van der Waals surface area contributed by atoms with Crippen LogP contribution in [-0.2, 0) is 18.4 Å². The summed E-state index contributed by atoms with van der Waals surface area (Å²) in [5.41, 5.74) is 5.31. The number of carbonyl (C=O) groups is 1. The molecule has 0 rings (SSSR count). The first-order chi connectivity index (χ1) is 20.3.